The van der Waals surface area contributed by atoms with Crippen molar-refractivity contribution in [1.29, 1.82) is 0 Å². The summed E-state index contributed by atoms with van der Waals surface area (Å²) >= 11 is 5.13. The Labute approximate surface area is 177 Å². The standard InChI is InChI=1S/C21H23BrN2O3S/c22-16-3-1-4-18(12-16)23-13-15(11-20(23)25)21(26)24(14-19-5-2-10-28-19)17-6-8-27-9-7-17/h1-5,10,12,15,17H,6-9,11,13-14H2. The quantitative estimate of drug-likeness (QED) is 0.672. The molecular weight excluding hydrogens is 440 g/mol. The zero-order chi connectivity index (χ0) is 19.5. The van der Waals surface area contributed by atoms with E-state index in [0.29, 0.717) is 26.3 Å². The second-order valence-corrected chi connectivity index (χ2v) is 9.22. The number of carbonyl (C=O) groups excluding carboxylic acids is 2. The minimum Gasteiger partial charge on any atom is -0.381 e. The number of carbonyl (C=O) groups is 2. The summed E-state index contributed by atoms with van der Waals surface area (Å²) in [7, 11) is 0. The highest BCUT2D eigenvalue weighted by atomic mass is 79.9. The molecule has 148 valence electrons. The lowest BCUT2D eigenvalue weighted by Crippen LogP contribution is -2.46. The third kappa shape index (κ3) is 4.31. The number of halogens is 1. The summed E-state index contributed by atoms with van der Waals surface area (Å²) in [5.74, 6) is -0.195. The molecule has 2 aliphatic heterocycles. The van der Waals surface area contributed by atoms with Crippen molar-refractivity contribution in [2.75, 3.05) is 24.7 Å². The lowest BCUT2D eigenvalue weighted by Gasteiger charge is -2.35. The van der Waals surface area contributed by atoms with Crippen molar-refractivity contribution in [2.24, 2.45) is 5.92 Å². The van der Waals surface area contributed by atoms with Crippen LogP contribution in [0.3, 0.4) is 0 Å². The third-order valence-electron chi connectivity index (χ3n) is 5.42. The van der Waals surface area contributed by atoms with E-state index in [4.69, 9.17) is 4.74 Å². The zero-order valence-corrected chi connectivity index (χ0v) is 18.0. The molecule has 0 bridgehead atoms. The van der Waals surface area contributed by atoms with Crippen LogP contribution in [0.4, 0.5) is 5.69 Å². The van der Waals surface area contributed by atoms with Gasteiger partial charge in [0, 0.05) is 47.3 Å². The molecule has 0 saturated carbocycles. The van der Waals surface area contributed by atoms with E-state index >= 15 is 0 Å². The summed E-state index contributed by atoms with van der Waals surface area (Å²) in [5.41, 5.74) is 0.838. The first-order valence-corrected chi connectivity index (χ1v) is 11.3. The van der Waals surface area contributed by atoms with Gasteiger partial charge in [0.05, 0.1) is 12.5 Å². The summed E-state index contributed by atoms with van der Waals surface area (Å²) in [6.45, 7) is 2.43. The van der Waals surface area contributed by atoms with Gasteiger partial charge < -0.3 is 14.5 Å². The molecule has 1 aromatic carbocycles. The first-order chi connectivity index (χ1) is 13.6. The molecule has 2 aliphatic rings. The van der Waals surface area contributed by atoms with E-state index in [2.05, 4.69) is 22.0 Å². The molecule has 0 aliphatic carbocycles. The lowest BCUT2D eigenvalue weighted by atomic mass is 10.0. The number of benzene rings is 1. The van der Waals surface area contributed by atoms with E-state index in [1.54, 1.807) is 16.2 Å². The maximum absolute atomic E-state index is 13.5. The zero-order valence-electron chi connectivity index (χ0n) is 15.6. The molecular formula is C21H23BrN2O3S. The van der Waals surface area contributed by atoms with E-state index in [9.17, 15) is 9.59 Å². The van der Waals surface area contributed by atoms with Crippen LogP contribution in [0.25, 0.3) is 0 Å². The van der Waals surface area contributed by atoms with Crippen molar-refractivity contribution >= 4 is 44.8 Å². The molecule has 2 saturated heterocycles. The SMILES string of the molecule is O=C1CC(C(=O)N(Cc2cccs2)C2CCOCC2)CN1c1cccc(Br)c1. The second kappa shape index (κ2) is 8.76. The summed E-state index contributed by atoms with van der Waals surface area (Å²) in [6, 6.07) is 11.9. The van der Waals surface area contributed by atoms with Gasteiger partial charge in [-0.2, -0.15) is 0 Å². The van der Waals surface area contributed by atoms with Crippen LogP contribution >= 0.6 is 27.3 Å². The lowest BCUT2D eigenvalue weighted by molar-refractivity contribution is -0.140. The van der Waals surface area contributed by atoms with Crippen molar-refractivity contribution in [1.82, 2.24) is 4.90 Å². The van der Waals surface area contributed by atoms with Gasteiger partial charge >= 0.3 is 0 Å². The van der Waals surface area contributed by atoms with Gasteiger partial charge in [0.15, 0.2) is 0 Å². The van der Waals surface area contributed by atoms with Gasteiger partial charge in [-0.3, -0.25) is 9.59 Å². The van der Waals surface area contributed by atoms with Crippen molar-refractivity contribution < 1.29 is 14.3 Å². The van der Waals surface area contributed by atoms with E-state index in [-0.39, 0.29) is 30.2 Å². The van der Waals surface area contributed by atoms with Crippen LogP contribution in [0.5, 0.6) is 0 Å². The number of hydrogen-bond acceptors (Lipinski definition) is 4. The average molecular weight is 463 g/mol. The van der Waals surface area contributed by atoms with Crippen molar-refractivity contribution in [3.63, 3.8) is 0 Å². The fourth-order valence-corrected chi connectivity index (χ4v) is 5.05. The Balaban J connectivity index is 1.52. The number of rotatable bonds is 5. The molecule has 4 rings (SSSR count). The summed E-state index contributed by atoms with van der Waals surface area (Å²) in [5, 5.41) is 2.04. The average Bonchev–Trinajstić information content (AvgIpc) is 3.36. The predicted molar refractivity (Wildman–Crippen MR) is 113 cm³/mol. The monoisotopic (exact) mass is 462 g/mol. The van der Waals surface area contributed by atoms with Crippen LogP contribution in [0.1, 0.15) is 24.1 Å². The van der Waals surface area contributed by atoms with E-state index in [1.165, 1.54) is 4.88 Å². The van der Waals surface area contributed by atoms with Crippen molar-refractivity contribution in [3.05, 3.63) is 51.1 Å². The first kappa shape index (κ1) is 19.6. The van der Waals surface area contributed by atoms with Gasteiger partial charge in [-0.25, -0.2) is 0 Å². The third-order valence-corrected chi connectivity index (χ3v) is 6.77. The Bertz CT molecular complexity index is 836. The normalized spacial score (nSPS) is 20.5. The molecule has 1 aromatic heterocycles. The molecule has 2 amide bonds. The summed E-state index contributed by atoms with van der Waals surface area (Å²) in [4.78, 5) is 31.0. The van der Waals surface area contributed by atoms with Crippen LogP contribution in [-0.2, 0) is 20.9 Å². The van der Waals surface area contributed by atoms with Gasteiger partial charge in [-0.15, -0.1) is 11.3 Å². The topological polar surface area (TPSA) is 49.9 Å². The molecule has 3 heterocycles. The molecule has 5 nitrogen and oxygen atoms in total. The number of nitrogens with zero attached hydrogens (tertiary/aromatic N) is 2. The number of amides is 2. The highest BCUT2D eigenvalue weighted by molar-refractivity contribution is 9.10. The maximum atomic E-state index is 13.5. The molecule has 0 spiro atoms. The highest BCUT2D eigenvalue weighted by Gasteiger charge is 2.39. The van der Waals surface area contributed by atoms with Crippen LogP contribution in [-0.4, -0.2) is 42.5 Å². The first-order valence-electron chi connectivity index (χ1n) is 9.58. The fourth-order valence-electron chi connectivity index (χ4n) is 3.96. The van der Waals surface area contributed by atoms with Gasteiger partial charge in [0.1, 0.15) is 0 Å². The van der Waals surface area contributed by atoms with Crippen molar-refractivity contribution in [2.45, 2.75) is 31.8 Å². The Morgan fingerprint density at radius 2 is 2.07 bits per heavy atom. The van der Waals surface area contributed by atoms with Crippen LogP contribution < -0.4 is 4.90 Å². The van der Waals surface area contributed by atoms with Gasteiger partial charge in [0.25, 0.3) is 0 Å². The number of ether oxygens (including phenoxy) is 1. The Morgan fingerprint density at radius 3 is 2.79 bits per heavy atom. The fraction of sp³-hybridized carbons (Fsp3) is 0.429. The molecule has 28 heavy (non-hydrogen) atoms. The Hall–Kier alpha value is -1.70. The Morgan fingerprint density at radius 1 is 1.25 bits per heavy atom. The minimum atomic E-state index is -0.297. The second-order valence-electron chi connectivity index (χ2n) is 7.27. The van der Waals surface area contributed by atoms with Crippen LogP contribution in [0.15, 0.2) is 46.3 Å². The highest BCUT2D eigenvalue weighted by Crippen LogP contribution is 2.30. The molecule has 2 fully saturated rings. The molecule has 1 unspecified atom stereocenters. The van der Waals surface area contributed by atoms with E-state index in [1.807, 2.05) is 40.6 Å². The predicted octanol–water partition coefficient (Wildman–Crippen LogP) is 4.07. The number of anilines is 1. The van der Waals surface area contributed by atoms with Crippen molar-refractivity contribution in [3.8, 4) is 0 Å². The number of hydrogen-bond donors (Lipinski definition) is 0. The number of thiophene rings is 1. The van der Waals surface area contributed by atoms with E-state index < -0.39 is 0 Å². The van der Waals surface area contributed by atoms with Gasteiger partial charge in [0.2, 0.25) is 11.8 Å². The summed E-state index contributed by atoms with van der Waals surface area (Å²) < 4.78 is 6.42. The largest absolute Gasteiger partial charge is 0.381 e. The van der Waals surface area contributed by atoms with Crippen LogP contribution in [0, 0.1) is 5.92 Å². The molecule has 0 N–H and O–H groups in total. The minimum absolute atomic E-state index is 0.0134. The van der Waals surface area contributed by atoms with Gasteiger partial charge in [-0.05, 0) is 42.5 Å². The molecule has 2 aromatic rings. The maximum Gasteiger partial charge on any atom is 0.228 e. The smallest absolute Gasteiger partial charge is 0.228 e. The van der Waals surface area contributed by atoms with E-state index in [0.717, 1.165) is 23.0 Å². The summed E-state index contributed by atoms with van der Waals surface area (Å²) in [6.07, 6.45) is 1.98. The molecule has 1 atom stereocenters. The molecule has 7 heteroatoms. The van der Waals surface area contributed by atoms with Crippen LogP contribution in [0.2, 0.25) is 0 Å². The van der Waals surface area contributed by atoms with Gasteiger partial charge in [-0.1, -0.05) is 28.1 Å². The Kier molecular flexibility index (Phi) is 6.13. The molecule has 0 radical (unpaired) electrons.